The summed E-state index contributed by atoms with van der Waals surface area (Å²) >= 11 is 0. The fraction of sp³-hybridized carbons (Fsp3) is 0.500. The maximum atomic E-state index is 12.4. The maximum absolute atomic E-state index is 12.4. The van der Waals surface area contributed by atoms with Gasteiger partial charge in [-0.1, -0.05) is 10.8 Å². The lowest BCUT2D eigenvalue weighted by molar-refractivity contribution is 0.0808. The quantitative estimate of drug-likeness (QED) is 0.813. The molecule has 1 aromatic heterocycles. The molecule has 0 saturated carbocycles. The molecule has 7 nitrogen and oxygen atoms in total. The van der Waals surface area contributed by atoms with Crippen molar-refractivity contribution in [2.75, 3.05) is 6.61 Å². The fourth-order valence-corrected chi connectivity index (χ4v) is 2.49. The van der Waals surface area contributed by atoms with Crippen LogP contribution in [0.15, 0.2) is 18.5 Å². The second-order valence-electron chi connectivity index (χ2n) is 4.57. The topological polar surface area (TPSA) is 94.6 Å². The molecular weight excluding hydrogens is 303 g/mol. The Morgan fingerprint density at radius 3 is 3.00 bits per heavy atom. The van der Waals surface area contributed by atoms with Crippen molar-refractivity contribution in [3.05, 3.63) is 24.0 Å². The van der Waals surface area contributed by atoms with E-state index < -0.39 is 16.4 Å². The molecular formula is C12H15FN2O5S. The summed E-state index contributed by atoms with van der Waals surface area (Å²) in [6.45, 7) is 2.53. The Morgan fingerprint density at radius 1 is 1.57 bits per heavy atom. The predicted molar refractivity (Wildman–Crippen MR) is 70.8 cm³/mol. The third kappa shape index (κ3) is 4.36. The largest absolute Gasteiger partial charge is 0.488 e. The van der Waals surface area contributed by atoms with Crippen LogP contribution in [-0.2, 0) is 15.2 Å². The molecule has 2 heterocycles. The molecule has 1 amide bonds. The first-order valence-corrected chi connectivity index (χ1v) is 7.71. The molecule has 0 spiro atoms. The third-order valence-corrected chi connectivity index (χ3v) is 3.49. The van der Waals surface area contributed by atoms with E-state index in [1.807, 2.05) is 6.92 Å². The Kier molecular flexibility index (Phi) is 4.73. The van der Waals surface area contributed by atoms with E-state index in [2.05, 4.69) is 14.5 Å². The number of nitrogens with zero attached hydrogens (tertiary/aromatic N) is 1. The van der Waals surface area contributed by atoms with Crippen molar-refractivity contribution in [2.24, 2.45) is 0 Å². The standard InChI is InChI=1S/C12H15FN2O5S/c1-2-11-10(3-4-19-11)15-12(16)8-5-9(7-14-6-8)20-21(13,17)18/h5-7,10-11H,2-4H2,1H3,(H,15,16)/t10-,11+/m1/s1. The summed E-state index contributed by atoms with van der Waals surface area (Å²) in [5, 5.41) is 2.78. The normalized spacial score (nSPS) is 22.0. The SMILES string of the molecule is CC[C@@H]1OCC[C@H]1NC(=O)c1cncc(OS(=O)(=O)F)c1. The van der Waals surface area contributed by atoms with E-state index in [-0.39, 0.29) is 23.5 Å². The molecule has 1 N–H and O–H groups in total. The van der Waals surface area contributed by atoms with E-state index in [1.54, 1.807) is 0 Å². The predicted octanol–water partition coefficient (Wildman–Crippen LogP) is 0.972. The Balaban J connectivity index is 2.07. The number of carbonyl (C=O) groups excluding carboxylic acids is 1. The number of rotatable bonds is 5. The lowest BCUT2D eigenvalue weighted by Crippen LogP contribution is -2.40. The molecule has 1 saturated heterocycles. The van der Waals surface area contributed by atoms with Crippen molar-refractivity contribution in [3.63, 3.8) is 0 Å². The van der Waals surface area contributed by atoms with Gasteiger partial charge in [-0.05, 0) is 18.9 Å². The van der Waals surface area contributed by atoms with Crippen molar-refractivity contribution in [1.29, 1.82) is 0 Å². The number of halogens is 1. The first-order chi connectivity index (χ1) is 9.89. The van der Waals surface area contributed by atoms with Gasteiger partial charge < -0.3 is 14.2 Å². The molecule has 0 aromatic carbocycles. The van der Waals surface area contributed by atoms with Gasteiger partial charge in [0.05, 0.1) is 23.9 Å². The van der Waals surface area contributed by atoms with Gasteiger partial charge in [-0.2, -0.15) is 8.42 Å². The van der Waals surface area contributed by atoms with Gasteiger partial charge in [-0.25, -0.2) is 0 Å². The number of carbonyl (C=O) groups is 1. The van der Waals surface area contributed by atoms with Gasteiger partial charge in [-0.3, -0.25) is 9.78 Å². The molecule has 21 heavy (non-hydrogen) atoms. The summed E-state index contributed by atoms with van der Waals surface area (Å²) in [7, 11) is -5.15. The zero-order valence-corrected chi connectivity index (χ0v) is 12.1. The second kappa shape index (κ2) is 6.35. The van der Waals surface area contributed by atoms with Gasteiger partial charge >= 0.3 is 10.5 Å². The molecule has 1 aromatic rings. The van der Waals surface area contributed by atoms with Crippen molar-refractivity contribution in [2.45, 2.75) is 31.9 Å². The first-order valence-electron chi connectivity index (χ1n) is 6.40. The van der Waals surface area contributed by atoms with E-state index in [1.165, 1.54) is 6.20 Å². The number of hydrogen-bond donors (Lipinski definition) is 1. The molecule has 1 aliphatic rings. The van der Waals surface area contributed by atoms with Crippen LogP contribution in [0.2, 0.25) is 0 Å². The van der Waals surface area contributed by atoms with Crippen LogP contribution < -0.4 is 9.50 Å². The van der Waals surface area contributed by atoms with E-state index in [0.29, 0.717) is 13.0 Å². The molecule has 1 aliphatic heterocycles. The highest BCUT2D eigenvalue weighted by atomic mass is 32.3. The minimum Gasteiger partial charge on any atom is -0.376 e. The van der Waals surface area contributed by atoms with Crippen molar-refractivity contribution in [3.8, 4) is 5.75 Å². The minimum atomic E-state index is -5.15. The van der Waals surface area contributed by atoms with Crippen molar-refractivity contribution >= 4 is 16.4 Å². The molecule has 2 atom stereocenters. The van der Waals surface area contributed by atoms with Crippen LogP contribution in [0.3, 0.4) is 0 Å². The summed E-state index contributed by atoms with van der Waals surface area (Å²) in [6, 6.07) is 0.993. The second-order valence-corrected chi connectivity index (χ2v) is 5.52. The average molecular weight is 318 g/mol. The van der Waals surface area contributed by atoms with Gasteiger partial charge in [0.2, 0.25) is 0 Å². The van der Waals surface area contributed by atoms with Crippen LogP contribution in [0.25, 0.3) is 0 Å². The third-order valence-electron chi connectivity index (χ3n) is 3.10. The molecule has 0 aliphatic carbocycles. The van der Waals surface area contributed by atoms with Crippen LogP contribution in [0.1, 0.15) is 30.1 Å². The van der Waals surface area contributed by atoms with Crippen LogP contribution in [0.5, 0.6) is 5.75 Å². The molecule has 1 fully saturated rings. The summed E-state index contributed by atoms with van der Waals surface area (Å²) in [4.78, 5) is 15.7. The zero-order valence-electron chi connectivity index (χ0n) is 11.3. The lowest BCUT2D eigenvalue weighted by atomic mass is 10.1. The smallest absolute Gasteiger partial charge is 0.376 e. The summed E-state index contributed by atoms with van der Waals surface area (Å²) in [5.41, 5.74) is 0.0814. The molecule has 0 bridgehead atoms. The van der Waals surface area contributed by atoms with Gasteiger partial charge in [0.1, 0.15) is 0 Å². The van der Waals surface area contributed by atoms with Gasteiger partial charge in [0.25, 0.3) is 5.91 Å². The summed E-state index contributed by atoms with van der Waals surface area (Å²) < 4.78 is 42.8. The van der Waals surface area contributed by atoms with Crippen LogP contribution in [0.4, 0.5) is 3.89 Å². The van der Waals surface area contributed by atoms with Gasteiger partial charge in [0.15, 0.2) is 5.75 Å². The highest BCUT2D eigenvalue weighted by Gasteiger charge is 2.28. The Hall–Kier alpha value is -1.74. The van der Waals surface area contributed by atoms with Crippen molar-refractivity contribution < 1.29 is 26.0 Å². The first kappa shape index (κ1) is 15.6. The number of hydrogen-bond acceptors (Lipinski definition) is 6. The Bertz CT molecular complexity index is 622. The van der Waals surface area contributed by atoms with Crippen LogP contribution >= 0.6 is 0 Å². The zero-order chi connectivity index (χ0) is 15.5. The molecule has 9 heteroatoms. The van der Waals surface area contributed by atoms with Crippen molar-refractivity contribution in [1.82, 2.24) is 10.3 Å². The number of aromatic nitrogens is 1. The highest BCUT2D eigenvalue weighted by molar-refractivity contribution is 7.81. The summed E-state index contributed by atoms with van der Waals surface area (Å²) in [5.74, 6) is -0.807. The Labute approximate surface area is 121 Å². The lowest BCUT2D eigenvalue weighted by Gasteiger charge is -2.18. The summed E-state index contributed by atoms with van der Waals surface area (Å²) in [6.07, 6.45) is 3.66. The van der Waals surface area contributed by atoms with Crippen LogP contribution in [-0.4, -0.2) is 38.1 Å². The van der Waals surface area contributed by atoms with E-state index in [4.69, 9.17) is 4.74 Å². The molecule has 0 radical (unpaired) electrons. The minimum absolute atomic E-state index is 0.0486. The number of pyridine rings is 1. The number of ether oxygens (including phenoxy) is 1. The number of nitrogens with one attached hydrogen (secondary N) is 1. The molecule has 2 rings (SSSR count). The highest BCUT2D eigenvalue weighted by Crippen LogP contribution is 2.18. The van der Waals surface area contributed by atoms with Crippen LogP contribution in [0, 0.1) is 0 Å². The van der Waals surface area contributed by atoms with E-state index in [0.717, 1.165) is 18.7 Å². The monoisotopic (exact) mass is 318 g/mol. The van der Waals surface area contributed by atoms with E-state index >= 15 is 0 Å². The van der Waals surface area contributed by atoms with E-state index in [9.17, 15) is 17.1 Å². The number of amides is 1. The molecule has 116 valence electrons. The van der Waals surface area contributed by atoms with Gasteiger partial charge in [0, 0.05) is 12.8 Å². The average Bonchev–Trinajstić information content (AvgIpc) is 2.84. The fourth-order valence-electron chi connectivity index (χ4n) is 2.17. The van der Waals surface area contributed by atoms with Gasteiger partial charge in [-0.15, -0.1) is 0 Å². The Morgan fingerprint density at radius 2 is 2.33 bits per heavy atom. The maximum Gasteiger partial charge on any atom is 0.488 e. The molecule has 0 unspecified atom stereocenters.